The standard InChI is InChI=1S/C16H17N3O3.ClH/c1-10(17)16(20)19-15-4-2-3-12(18-15)11-5-6-13-14(9-11)22-8-7-21-13;/h2-6,9-10H,7-8,17H2,1H3,(H,18,19,20);1H. The van der Waals surface area contributed by atoms with E-state index >= 15 is 0 Å². The molecular weight excluding hydrogens is 318 g/mol. The maximum absolute atomic E-state index is 11.6. The number of pyridine rings is 1. The van der Waals surface area contributed by atoms with Gasteiger partial charge in [0.2, 0.25) is 5.91 Å². The van der Waals surface area contributed by atoms with Crippen molar-refractivity contribution >= 4 is 24.1 Å². The van der Waals surface area contributed by atoms with Crippen LogP contribution in [0.4, 0.5) is 5.82 Å². The molecule has 1 amide bonds. The molecule has 0 saturated heterocycles. The second-order valence-corrected chi connectivity index (χ2v) is 5.04. The number of benzene rings is 1. The van der Waals surface area contributed by atoms with E-state index in [1.165, 1.54) is 0 Å². The van der Waals surface area contributed by atoms with Crippen molar-refractivity contribution in [2.75, 3.05) is 18.5 Å². The molecule has 122 valence electrons. The second-order valence-electron chi connectivity index (χ2n) is 5.04. The summed E-state index contributed by atoms with van der Waals surface area (Å²) in [4.78, 5) is 16.1. The molecule has 0 spiro atoms. The van der Waals surface area contributed by atoms with Gasteiger partial charge in [0, 0.05) is 5.56 Å². The van der Waals surface area contributed by atoms with Crippen LogP contribution in [-0.4, -0.2) is 30.1 Å². The minimum absolute atomic E-state index is 0. The Morgan fingerprint density at radius 3 is 2.70 bits per heavy atom. The van der Waals surface area contributed by atoms with Gasteiger partial charge in [0.1, 0.15) is 19.0 Å². The van der Waals surface area contributed by atoms with Gasteiger partial charge >= 0.3 is 0 Å². The van der Waals surface area contributed by atoms with Gasteiger partial charge < -0.3 is 20.5 Å². The van der Waals surface area contributed by atoms with E-state index in [-0.39, 0.29) is 18.3 Å². The van der Waals surface area contributed by atoms with Gasteiger partial charge in [0.05, 0.1) is 11.7 Å². The lowest BCUT2D eigenvalue weighted by Crippen LogP contribution is -2.32. The average Bonchev–Trinajstić information content (AvgIpc) is 2.54. The van der Waals surface area contributed by atoms with E-state index in [2.05, 4.69) is 10.3 Å². The first kappa shape index (κ1) is 17.1. The quantitative estimate of drug-likeness (QED) is 0.898. The molecule has 0 bridgehead atoms. The normalized spacial score (nSPS) is 13.7. The Morgan fingerprint density at radius 1 is 1.22 bits per heavy atom. The Labute approximate surface area is 140 Å². The molecule has 1 atom stereocenters. The summed E-state index contributed by atoms with van der Waals surface area (Å²) in [5.74, 6) is 1.63. The van der Waals surface area contributed by atoms with Gasteiger partial charge in [-0.15, -0.1) is 12.4 Å². The van der Waals surface area contributed by atoms with Gasteiger partial charge in [-0.3, -0.25) is 4.79 Å². The number of hydrogen-bond donors (Lipinski definition) is 2. The molecule has 0 saturated carbocycles. The molecule has 3 N–H and O–H groups in total. The first-order valence-electron chi connectivity index (χ1n) is 7.07. The number of anilines is 1. The fraction of sp³-hybridized carbons (Fsp3) is 0.250. The third-order valence-electron chi connectivity index (χ3n) is 3.25. The molecule has 6 nitrogen and oxygen atoms in total. The highest BCUT2D eigenvalue weighted by atomic mass is 35.5. The average molecular weight is 336 g/mol. The van der Waals surface area contributed by atoms with E-state index < -0.39 is 6.04 Å². The van der Waals surface area contributed by atoms with Gasteiger partial charge in [-0.1, -0.05) is 6.07 Å². The highest BCUT2D eigenvalue weighted by Crippen LogP contribution is 2.34. The molecular formula is C16H18ClN3O3. The second kappa shape index (κ2) is 7.30. The summed E-state index contributed by atoms with van der Waals surface area (Å²) >= 11 is 0. The van der Waals surface area contributed by atoms with Crippen molar-refractivity contribution < 1.29 is 14.3 Å². The maximum atomic E-state index is 11.6. The van der Waals surface area contributed by atoms with Gasteiger partial charge in [0.15, 0.2) is 11.5 Å². The molecule has 1 aromatic carbocycles. The monoisotopic (exact) mass is 335 g/mol. The van der Waals surface area contributed by atoms with E-state index in [0.717, 1.165) is 17.0 Å². The van der Waals surface area contributed by atoms with Gasteiger partial charge in [-0.25, -0.2) is 4.98 Å². The minimum atomic E-state index is -0.584. The molecule has 3 rings (SSSR count). The highest BCUT2D eigenvalue weighted by Gasteiger charge is 2.13. The molecule has 0 aliphatic carbocycles. The van der Waals surface area contributed by atoms with Crippen molar-refractivity contribution in [2.45, 2.75) is 13.0 Å². The summed E-state index contributed by atoms with van der Waals surface area (Å²) in [5.41, 5.74) is 7.16. The van der Waals surface area contributed by atoms with Crippen LogP contribution in [0.2, 0.25) is 0 Å². The van der Waals surface area contributed by atoms with Crippen LogP contribution in [-0.2, 0) is 4.79 Å². The molecule has 0 radical (unpaired) electrons. The number of halogens is 1. The van der Waals surface area contributed by atoms with Gasteiger partial charge in [-0.2, -0.15) is 0 Å². The van der Waals surface area contributed by atoms with Crippen LogP contribution >= 0.6 is 12.4 Å². The number of rotatable bonds is 3. The fourth-order valence-electron chi connectivity index (χ4n) is 2.11. The summed E-state index contributed by atoms with van der Waals surface area (Å²) in [5, 5.41) is 2.68. The lowest BCUT2D eigenvalue weighted by molar-refractivity contribution is -0.117. The first-order chi connectivity index (χ1) is 10.6. The topological polar surface area (TPSA) is 86.5 Å². The van der Waals surface area contributed by atoms with E-state index in [4.69, 9.17) is 15.2 Å². The lowest BCUT2D eigenvalue weighted by Gasteiger charge is -2.18. The Hall–Kier alpha value is -2.31. The largest absolute Gasteiger partial charge is 0.486 e. The molecule has 7 heteroatoms. The number of nitrogens with zero attached hydrogens (tertiary/aromatic N) is 1. The summed E-state index contributed by atoms with van der Waals surface area (Å²) in [6, 6.07) is 10.5. The zero-order chi connectivity index (χ0) is 15.5. The van der Waals surface area contributed by atoms with E-state index in [1.807, 2.05) is 30.3 Å². The van der Waals surface area contributed by atoms with Crippen molar-refractivity contribution in [3.8, 4) is 22.8 Å². The number of carbonyl (C=O) groups is 1. The van der Waals surface area contributed by atoms with Gasteiger partial charge in [0.25, 0.3) is 0 Å². The molecule has 0 fully saturated rings. The molecule has 1 aliphatic rings. The number of carbonyl (C=O) groups excluding carboxylic acids is 1. The van der Waals surface area contributed by atoms with Crippen LogP contribution in [0.15, 0.2) is 36.4 Å². The van der Waals surface area contributed by atoms with Crippen molar-refractivity contribution in [3.05, 3.63) is 36.4 Å². The smallest absolute Gasteiger partial charge is 0.242 e. The zero-order valence-electron chi connectivity index (χ0n) is 12.6. The van der Waals surface area contributed by atoms with Crippen molar-refractivity contribution in [3.63, 3.8) is 0 Å². The third-order valence-corrected chi connectivity index (χ3v) is 3.25. The summed E-state index contributed by atoms with van der Waals surface area (Å²) < 4.78 is 11.1. The fourth-order valence-corrected chi connectivity index (χ4v) is 2.11. The molecule has 1 unspecified atom stereocenters. The summed E-state index contributed by atoms with van der Waals surface area (Å²) in [6.07, 6.45) is 0. The predicted molar refractivity (Wildman–Crippen MR) is 90.2 cm³/mol. The predicted octanol–water partition coefficient (Wildman–Crippen LogP) is 2.23. The third kappa shape index (κ3) is 3.91. The van der Waals surface area contributed by atoms with Crippen LogP contribution in [0.1, 0.15) is 6.92 Å². The maximum Gasteiger partial charge on any atom is 0.242 e. The molecule has 1 aromatic heterocycles. The van der Waals surface area contributed by atoms with Crippen molar-refractivity contribution in [1.82, 2.24) is 4.98 Å². The molecule has 2 heterocycles. The van der Waals surface area contributed by atoms with Crippen molar-refractivity contribution in [2.24, 2.45) is 5.73 Å². The van der Waals surface area contributed by atoms with Crippen LogP contribution in [0.3, 0.4) is 0 Å². The van der Waals surface area contributed by atoms with Crippen molar-refractivity contribution in [1.29, 1.82) is 0 Å². The lowest BCUT2D eigenvalue weighted by atomic mass is 10.1. The molecule has 2 aromatic rings. The Bertz CT molecular complexity index is 707. The van der Waals surface area contributed by atoms with E-state index in [9.17, 15) is 4.79 Å². The van der Waals surface area contributed by atoms with Crippen LogP contribution in [0, 0.1) is 0 Å². The number of nitrogens with two attached hydrogens (primary N) is 1. The number of hydrogen-bond acceptors (Lipinski definition) is 5. The minimum Gasteiger partial charge on any atom is -0.486 e. The van der Waals surface area contributed by atoms with Crippen LogP contribution < -0.4 is 20.5 Å². The summed E-state index contributed by atoms with van der Waals surface area (Å²) in [6.45, 7) is 2.72. The number of fused-ring (bicyclic) bond motifs is 1. The Balaban J connectivity index is 0.00000192. The summed E-state index contributed by atoms with van der Waals surface area (Å²) in [7, 11) is 0. The van der Waals surface area contributed by atoms with Gasteiger partial charge in [-0.05, 0) is 37.3 Å². The Kier molecular flexibility index (Phi) is 5.41. The number of ether oxygens (including phenoxy) is 2. The zero-order valence-corrected chi connectivity index (χ0v) is 13.4. The van der Waals surface area contributed by atoms with Crippen LogP contribution in [0.5, 0.6) is 11.5 Å². The van der Waals surface area contributed by atoms with E-state index in [0.29, 0.717) is 24.8 Å². The number of aromatic nitrogens is 1. The Morgan fingerprint density at radius 2 is 1.96 bits per heavy atom. The number of nitrogens with one attached hydrogen (secondary N) is 1. The molecule has 1 aliphatic heterocycles. The van der Waals surface area contributed by atoms with E-state index in [1.54, 1.807) is 13.0 Å². The SMILES string of the molecule is CC(N)C(=O)Nc1cccc(-c2ccc3c(c2)OCCO3)n1.Cl. The first-order valence-corrected chi connectivity index (χ1v) is 7.07. The van der Waals surface area contributed by atoms with Crippen LogP contribution in [0.25, 0.3) is 11.3 Å². The number of amides is 1. The molecule has 23 heavy (non-hydrogen) atoms. The highest BCUT2D eigenvalue weighted by molar-refractivity contribution is 5.93.